The zero-order valence-corrected chi connectivity index (χ0v) is 22.6. The van der Waals surface area contributed by atoms with Crippen LogP contribution in [0.4, 0.5) is 0 Å². The first kappa shape index (κ1) is 22.7. The Morgan fingerprint density at radius 3 is 1.05 bits per heavy atom. The topological polar surface area (TPSA) is 44.0 Å². The summed E-state index contributed by atoms with van der Waals surface area (Å²) in [7, 11) is -3.62. The highest BCUT2D eigenvalue weighted by molar-refractivity contribution is 7.92. The average molecular weight is 547 g/mol. The number of nitrogens with zero attached hydrogens (tertiary/aromatic N) is 2. The second kappa shape index (κ2) is 7.96. The normalized spacial score (nSPS) is 13.8. The van der Waals surface area contributed by atoms with Gasteiger partial charge in [0.15, 0.2) is 0 Å². The minimum absolute atomic E-state index is 0.358. The van der Waals surface area contributed by atoms with E-state index in [9.17, 15) is 8.42 Å². The van der Waals surface area contributed by atoms with Crippen LogP contribution in [0.25, 0.3) is 66.1 Å². The van der Waals surface area contributed by atoms with Gasteiger partial charge in [-0.25, -0.2) is 8.42 Å². The predicted octanol–water partition coefficient (Wildman–Crippen LogP) is 8.69. The molecular weight excluding hydrogens is 524 g/mol. The maximum atomic E-state index is 13.7. The Labute approximate surface area is 236 Å². The van der Waals surface area contributed by atoms with Gasteiger partial charge in [-0.1, -0.05) is 72.8 Å². The first-order chi connectivity index (χ1) is 20.1. The molecule has 6 aromatic carbocycles. The van der Waals surface area contributed by atoms with Crippen molar-refractivity contribution in [2.45, 2.75) is 9.79 Å². The molecule has 0 N–H and O–H groups in total. The summed E-state index contributed by atoms with van der Waals surface area (Å²) in [6.07, 6.45) is 0. The molecule has 0 fully saturated rings. The van der Waals surface area contributed by atoms with Crippen molar-refractivity contribution in [3.8, 4) is 22.5 Å². The summed E-state index contributed by atoms with van der Waals surface area (Å²) in [5, 5.41) is 4.69. The summed E-state index contributed by atoms with van der Waals surface area (Å²) in [6, 6.07) is 44.9. The van der Waals surface area contributed by atoms with E-state index in [0.29, 0.717) is 9.79 Å². The van der Waals surface area contributed by atoms with Crippen LogP contribution in [0.15, 0.2) is 143 Å². The fraction of sp³-hybridized carbons (Fsp3) is 0. The first-order valence-corrected chi connectivity index (χ1v) is 15.1. The molecule has 1 aliphatic heterocycles. The third-order valence-corrected chi connectivity index (χ3v) is 10.3. The molecule has 2 aromatic heterocycles. The lowest BCUT2D eigenvalue weighted by atomic mass is 10.0. The monoisotopic (exact) mass is 546 g/mol. The van der Waals surface area contributed by atoms with E-state index in [1.165, 1.54) is 21.5 Å². The van der Waals surface area contributed by atoms with Crippen molar-refractivity contribution in [1.82, 2.24) is 9.13 Å². The van der Waals surface area contributed by atoms with Gasteiger partial charge in [0.1, 0.15) is 0 Å². The molecule has 0 atom stereocenters. The van der Waals surface area contributed by atoms with Crippen molar-refractivity contribution in [3.63, 3.8) is 0 Å². The Hall–Kier alpha value is -5.13. The van der Waals surface area contributed by atoms with Gasteiger partial charge < -0.3 is 9.13 Å². The average Bonchev–Trinajstić information content (AvgIpc) is 3.61. The third-order valence-electron chi connectivity index (χ3n) is 8.47. The lowest BCUT2D eigenvalue weighted by Gasteiger charge is -2.11. The van der Waals surface area contributed by atoms with Gasteiger partial charge in [-0.15, -0.1) is 0 Å². The Morgan fingerprint density at radius 1 is 0.390 bits per heavy atom. The number of para-hydroxylation sites is 4. The number of rotatable bonds is 2. The summed E-state index contributed by atoms with van der Waals surface area (Å²) in [6.45, 7) is 0. The van der Waals surface area contributed by atoms with Crippen LogP contribution >= 0.6 is 0 Å². The molecule has 0 saturated carbocycles. The van der Waals surface area contributed by atoms with Crippen molar-refractivity contribution >= 4 is 53.4 Å². The van der Waals surface area contributed by atoms with Crippen LogP contribution in [0.1, 0.15) is 0 Å². The zero-order valence-electron chi connectivity index (χ0n) is 21.8. The van der Waals surface area contributed by atoms with Crippen molar-refractivity contribution in [3.05, 3.63) is 133 Å². The summed E-state index contributed by atoms with van der Waals surface area (Å²) in [5.41, 5.74) is 7.71. The van der Waals surface area contributed by atoms with E-state index in [1.54, 1.807) is 12.1 Å². The van der Waals surface area contributed by atoms with Crippen LogP contribution in [0, 0.1) is 0 Å². The minimum atomic E-state index is -3.62. The van der Waals surface area contributed by atoms with Gasteiger partial charge in [0.25, 0.3) is 0 Å². The first-order valence-electron chi connectivity index (χ1n) is 13.6. The van der Waals surface area contributed by atoms with Gasteiger partial charge in [0.2, 0.25) is 9.84 Å². The molecule has 0 spiro atoms. The molecule has 0 amide bonds. The van der Waals surface area contributed by atoms with Gasteiger partial charge in [0, 0.05) is 44.0 Å². The van der Waals surface area contributed by atoms with Crippen molar-refractivity contribution in [1.29, 1.82) is 0 Å². The second-order valence-corrected chi connectivity index (χ2v) is 12.5. The second-order valence-electron chi connectivity index (χ2n) is 10.6. The highest BCUT2D eigenvalue weighted by Crippen LogP contribution is 2.46. The van der Waals surface area contributed by atoms with E-state index in [2.05, 4.69) is 81.9 Å². The fourth-order valence-electron chi connectivity index (χ4n) is 6.72. The molecule has 8 aromatic rings. The van der Waals surface area contributed by atoms with E-state index >= 15 is 0 Å². The minimum Gasteiger partial charge on any atom is -0.309 e. The molecule has 41 heavy (non-hydrogen) atoms. The summed E-state index contributed by atoms with van der Waals surface area (Å²) in [4.78, 5) is 0.716. The largest absolute Gasteiger partial charge is 0.309 e. The third kappa shape index (κ3) is 2.96. The van der Waals surface area contributed by atoms with Crippen LogP contribution in [-0.4, -0.2) is 17.6 Å². The highest BCUT2D eigenvalue weighted by Gasteiger charge is 2.34. The highest BCUT2D eigenvalue weighted by atomic mass is 32.2. The van der Waals surface area contributed by atoms with Crippen LogP contribution < -0.4 is 0 Å². The molecule has 5 heteroatoms. The maximum Gasteiger partial charge on any atom is 0.207 e. The quantitative estimate of drug-likeness (QED) is 0.218. The molecular formula is C36H22N2O2S. The molecule has 0 radical (unpaired) electrons. The number of hydrogen-bond donors (Lipinski definition) is 0. The maximum absolute atomic E-state index is 13.7. The van der Waals surface area contributed by atoms with Gasteiger partial charge in [-0.05, 0) is 60.7 Å². The molecule has 0 saturated heterocycles. The van der Waals surface area contributed by atoms with E-state index in [4.69, 9.17) is 0 Å². The van der Waals surface area contributed by atoms with E-state index in [-0.39, 0.29) is 0 Å². The van der Waals surface area contributed by atoms with Crippen molar-refractivity contribution < 1.29 is 8.42 Å². The standard InChI is InChI=1S/C36H22N2O2S/c39-41(40)35-19-17-23(37-31-13-5-1-9-25(31)26-10-2-6-14-32(26)37)21-29(35)30-22-24(18-20-36(30)41)38-33-15-7-3-11-27(33)28-12-4-8-16-34(28)38/h1-22H. The van der Waals surface area contributed by atoms with Crippen LogP contribution in [0.3, 0.4) is 0 Å². The Balaban J connectivity index is 1.32. The number of fused-ring (bicyclic) bond motifs is 9. The van der Waals surface area contributed by atoms with Gasteiger partial charge in [-0.2, -0.15) is 0 Å². The molecule has 0 bridgehead atoms. The Kier molecular flexibility index (Phi) is 4.40. The summed E-state index contributed by atoms with van der Waals surface area (Å²) >= 11 is 0. The van der Waals surface area contributed by atoms with Crippen molar-refractivity contribution in [2.24, 2.45) is 0 Å². The molecule has 0 aliphatic carbocycles. The predicted molar refractivity (Wildman–Crippen MR) is 166 cm³/mol. The van der Waals surface area contributed by atoms with E-state index in [1.807, 2.05) is 48.5 Å². The van der Waals surface area contributed by atoms with Crippen LogP contribution in [-0.2, 0) is 9.84 Å². The molecule has 3 heterocycles. The fourth-order valence-corrected chi connectivity index (χ4v) is 8.37. The van der Waals surface area contributed by atoms with Crippen LogP contribution in [0.5, 0.6) is 0 Å². The Morgan fingerprint density at radius 2 is 0.707 bits per heavy atom. The molecule has 9 rings (SSSR count). The zero-order chi connectivity index (χ0) is 27.3. The lowest BCUT2D eigenvalue weighted by molar-refractivity contribution is 0.598. The SMILES string of the molecule is O=S1(=O)c2ccc(-n3c4ccccc4c4ccccc43)cc2-c2cc(-n3c4ccccc4c4ccccc43)ccc21. The van der Waals surface area contributed by atoms with E-state index in [0.717, 1.165) is 44.6 Å². The smallest absolute Gasteiger partial charge is 0.207 e. The molecule has 194 valence electrons. The summed E-state index contributed by atoms with van der Waals surface area (Å²) in [5.74, 6) is 0. The number of hydrogen-bond acceptors (Lipinski definition) is 2. The Bertz CT molecular complexity index is 2220. The number of aromatic nitrogens is 2. The number of sulfone groups is 1. The van der Waals surface area contributed by atoms with Gasteiger partial charge >= 0.3 is 0 Å². The molecule has 4 nitrogen and oxygen atoms in total. The molecule has 0 unspecified atom stereocenters. The van der Waals surface area contributed by atoms with Gasteiger partial charge in [0.05, 0.1) is 31.9 Å². The molecule has 1 aliphatic rings. The van der Waals surface area contributed by atoms with Crippen LogP contribution in [0.2, 0.25) is 0 Å². The summed E-state index contributed by atoms with van der Waals surface area (Å²) < 4.78 is 31.9. The number of benzene rings is 6. The van der Waals surface area contributed by atoms with Gasteiger partial charge in [-0.3, -0.25) is 0 Å². The lowest BCUT2D eigenvalue weighted by Crippen LogP contribution is -1.98. The van der Waals surface area contributed by atoms with Crippen molar-refractivity contribution in [2.75, 3.05) is 0 Å². The van der Waals surface area contributed by atoms with E-state index < -0.39 is 9.84 Å².